The average Bonchev–Trinajstić information content (AvgIpc) is 2.57. The van der Waals surface area contributed by atoms with Gasteiger partial charge >= 0.3 is 0 Å². The summed E-state index contributed by atoms with van der Waals surface area (Å²) in [5.41, 5.74) is 5.01. The third-order valence-corrected chi connectivity index (χ3v) is 5.48. The molecule has 1 saturated heterocycles. The Morgan fingerprint density at radius 2 is 2.00 bits per heavy atom. The summed E-state index contributed by atoms with van der Waals surface area (Å²) < 4.78 is 22.9. The minimum atomic E-state index is -2.90. The van der Waals surface area contributed by atoms with E-state index in [-0.39, 0.29) is 11.5 Å². The van der Waals surface area contributed by atoms with Crippen LogP contribution in [0.15, 0.2) is 0 Å². The van der Waals surface area contributed by atoms with E-state index >= 15 is 0 Å². The molecule has 1 rings (SSSR count). The molecule has 7 heteroatoms. The van der Waals surface area contributed by atoms with Gasteiger partial charge in [-0.3, -0.25) is 0 Å². The first kappa shape index (κ1) is 16.7. The van der Waals surface area contributed by atoms with Gasteiger partial charge in [0.05, 0.1) is 17.0 Å². The van der Waals surface area contributed by atoms with Crippen LogP contribution in [0, 0.1) is 0 Å². The van der Waals surface area contributed by atoms with E-state index in [0.29, 0.717) is 11.5 Å². The van der Waals surface area contributed by atoms with Gasteiger partial charge in [0.15, 0.2) is 14.9 Å². The topological polar surface area (TPSA) is 84.2 Å². The number of unbranched alkanes of at least 4 members (excludes halogenated alkanes) is 3. The highest BCUT2D eigenvalue weighted by atomic mass is 32.2. The van der Waals surface area contributed by atoms with Crippen LogP contribution in [0.25, 0.3) is 0 Å². The van der Waals surface area contributed by atoms with Gasteiger partial charge in [0.2, 0.25) is 0 Å². The zero-order chi connectivity index (χ0) is 14.4. The number of sulfone groups is 1. The van der Waals surface area contributed by atoms with Gasteiger partial charge in [0, 0.05) is 6.54 Å². The van der Waals surface area contributed by atoms with Crippen LogP contribution in [-0.4, -0.2) is 43.7 Å². The molecule has 0 aromatic heterocycles. The molecule has 4 N–H and O–H groups in total. The van der Waals surface area contributed by atoms with Gasteiger partial charge in [-0.05, 0) is 44.9 Å². The molecule has 0 radical (unpaired) electrons. The molecule has 1 aliphatic rings. The minimum Gasteiger partial charge on any atom is -0.363 e. The molecule has 0 unspecified atom stereocenters. The van der Waals surface area contributed by atoms with Crippen molar-refractivity contribution in [3.63, 3.8) is 0 Å². The second kappa shape index (κ2) is 7.40. The predicted molar refractivity (Wildman–Crippen MR) is 82.9 cm³/mol. The molecule has 0 aromatic carbocycles. The Morgan fingerprint density at radius 3 is 2.58 bits per heavy atom. The lowest BCUT2D eigenvalue weighted by atomic mass is 10.0. The number of hydrogen-bond donors (Lipinski definition) is 3. The molecule has 0 saturated carbocycles. The number of hydrogen-bond acceptors (Lipinski definition) is 4. The van der Waals surface area contributed by atoms with E-state index in [0.717, 1.165) is 38.8 Å². The molecule has 0 bridgehead atoms. The van der Waals surface area contributed by atoms with Gasteiger partial charge in [0.1, 0.15) is 0 Å². The molecule has 5 nitrogen and oxygen atoms in total. The van der Waals surface area contributed by atoms with E-state index in [1.807, 2.05) is 6.92 Å². The Bertz CT molecular complexity index is 398. The van der Waals surface area contributed by atoms with Crippen molar-refractivity contribution in [1.29, 1.82) is 0 Å². The molecular weight excluding hydrogens is 282 g/mol. The fourth-order valence-electron chi connectivity index (χ4n) is 2.25. The standard InChI is InChI=1S/C12H25N3O2S2/c1-12(6-9-19(16,17)10-12)15-11(18)14-8-5-3-2-4-7-13/h2-10,13H2,1H3,(H2,14,15,18)/t12-/m1/s1. The Balaban J connectivity index is 2.18. The maximum absolute atomic E-state index is 11.5. The van der Waals surface area contributed by atoms with Crippen molar-refractivity contribution < 1.29 is 8.42 Å². The van der Waals surface area contributed by atoms with Crippen LogP contribution in [-0.2, 0) is 9.84 Å². The van der Waals surface area contributed by atoms with Crippen molar-refractivity contribution in [2.45, 2.75) is 44.6 Å². The maximum atomic E-state index is 11.5. The summed E-state index contributed by atoms with van der Waals surface area (Å²) in [5.74, 6) is 0.413. The van der Waals surface area contributed by atoms with Gasteiger partial charge in [-0.1, -0.05) is 12.8 Å². The number of nitrogens with two attached hydrogens (primary N) is 1. The molecule has 0 spiro atoms. The number of rotatable bonds is 7. The summed E-state index contributed by atoms with van der Waals surface area (Å²) in [6, 6.07) is 0. The molecular formula is C12H25N3O2S2. The van der Waals surface area contributed by atoms with Crippen molar-refractivity contribution >= 4 is 27.2 Å². The van der Waals surface area contributed by atoms with Gasteiger partial charge in [-0.2, -0.15) is 0 Å². The third kappa shape index (κ3) is 6.54. The van der Waals surface area contributed by atoms with E-state index in [1.54, 1.807) is 0 Å². The first-order valence-corrected chi connectivity index (χ1v) is 9.06. The van der Waals surface area contributed by atoms with Crippen LogP contribution in [0.2, 0.25) is 0 Å². The van der Waals surface area contributed by atoms with Gasteiger partial charge < -0.3 is 16.4 Å². The van der Waals surface area contributed by atoms with Crippen molar-refractivity contribution in [2.24, 2.45) is 5.73 Å². The van der Waals surface area contributed by atoms with Gasteiger partial charge in [0.25, 0.3) is 0 Å². The highest BCUT2D eigenvalue weighted by Crippen LogP contribution is 2.22. The molecule has 0 aliphatic carbocycles. The Kier molecular flexibility index (Phi) is 6.49. The van der Waals surface area contributed by atoms with Crippen molar-refractivity contribution in [2.75, 3.05) is 24.6 Å². The Labute approximate surface area is 121 Å². The van der Waals surface area contributed by atoms with Crippen molar-refractivity contribution in [1.82, 2.24) is 10.6 Å². The largest absolute Gasteiger partial charge is 0.363 e. The zero-order valence-electron chi connectivity index (χ0n) is 11.6. The fraction of sp³-hybridized carbons (Fsp3) is 0.917. The summed E-state index contributed by atoms with van der Waals surface area (Å²) in [5, 5.41) is 6.82. The lowest BCUT2D eigenvalue weighted by molar-refractivity contribution is 0.467. The average molecular weight is 307 g/mol. The van der Waals surface area contributed by atoms with Crippen LogP contribution in [0.4, 0.5) is 0 Å². The third-order valence-electron chi connectivity index (χ3n) is 3.34. The first-order valence-electron chi connectivity index (χ1n) is 6.83. The lowest BCUT2D eigenvalue weighted by Gasteiger charge is -2.26. The summed E-state index contributed by atoms with van der Waals surface area (Å²) >= 11 is 5.20. The van der Waals surface area contributed by atoms with Gasteiger partial charge in [-0.15, -0.1) is 0 Å². The van der Waals surface area contributed by atoms with Gasteiger partial charge in [-0.25, -0.2) is 8.42 Å². The second-order valence-corrected chi connectivity index (χ2v) is 8.08. The molecule has 112 valence electrons. The van der Waals surface area contributed by atoms with E-state index in [4.69, 9.17) is 18.0 Å². The monoisotopic (exact) mass is 307 g/mol. The zero-order valence-corrected chi connectivity index (χ0v) is 13.2. The first-order chi connectivity index (χ1) is 8.87. The number of thiocarbonyl (C=S) groups is 1. The highest BCUT2D eigenvalue weighted by Gasteiger charge is 2.38. The number of nitrogens with one attached hydrogen (secondary N) is 2. The van der Waals surface area contributed by atoms with E-state index in [1.165, 1.54) is 0 Å². The molecule has 0 aromatic rings. The molecule has 0 amide bonds. The molecule has 1 atom stereocenters. The Morgan fingerprint density at radius 1 is 1.32 bits per heavy atom. The van der Waals surface area contributed by atoms with Crippen molar-refractivity contribution in [3.05, 3.63) is 0 Å². The summed E-state index contributed by atoms with van der Waals surface area (Å²) in [4.78, 5) is 0. The van der Waals surface area contributed by atoms with Crippen LogP contribution in [0.5, 0.6) is 0 Å². The highest BCUT2D eigenvalue weighted by molar-refractivity contribution is 7.91. The molecule has 1 heterocycles. The predicted octanol–water partition coefficient (Wildman–Crippen LogP) is 0.547. The normalized spacial score (nSPS) is 25.2. The Hall–Kier alpha value is -0.400. The SMILES string of the molecule is C[C@@]1(NC(=S)NCCCCCCN)CCS(=O)(=O)C1. The fourth-order valence-corrected chi connectivity index (χ4v) is 4.69. The summed E-state index contributed by atoms with van der Waals surface area (Å²) in [6.45, 7) is 3.48. The minimum absolute atomic E-state index is 0.165. The molecule has 1 aliphatic heterocycles. The van der Waals surface area contributed by atoms with Crippen LogP contribution >= 0.6 is 12.2 Å². The van der Waals surface area contributed by atoms with E-state index in [9.17, 15) is 8.42 Å². The van der Waals surface area contributed by atoms with E-state index < -0.39 is 15.4 Å². The lowest BCUT2D eigenvalue weighted by Crippen LogP contribution is -2.51. The van der Waals surface area contributed by atoms with Crippen LogP contribution in [0.3, 0.4) is 0 Å². The molecule has 19 heavy (non-hydrogen) atoms. The summed E-state index contributed by atoms with van der Waals surface area (Å²) in [7, 11) is -2.90. The van der Waals surface area contributed by atoms with Crippen LogP contribution in [0.1, 0.15) is 39.0 Å². The van der Waals surface area contributed by atoms with Crippen molar-refractivity contribution in [3.8, 4) is 0 Å². The van der Waals surface area contributed by atoms with E-state index in [2.05, 4.69) is 10.6 Å². The van der Waals surface area contributed by atoms with Crippen LogP contribution < -0.4 is 16.4 Å². The maximum Gasteiger partial charge on any atom is 0.166 e. The molecule has 1 fully saturated rings. The smallest absolute Gasteiger partial charge is 0.166 e. The quantitative estimate of drug-likeness (QED) is 0.470. The summed E-state index contributed by atoms with van der Waals surface area (Å²) in [6.07, 6.45) is 5.02. The second-order valence-electron chi connectivity index (χ2n) is 5.49.